The summed E-state index contributed by atoms with van der Waals surface area (Å²) in [4.78, 5) is 11.9. The summed E-state index contributed by atoms with van der Waals surface area (Å²) in [5, 5.41) is 19.0. The van der Waals surface area contributed by atoms with Gasteiger partial charge >= 0.3 is 0 Å². The van der Waals surface area contributed by atoms with Gasteiger partial charge in [-0.2, -0.15) is 0 Å². The van der Waals surface area contributed by atoms with E-state index in [0.29, 0.717) is 11.3 Å². The Labute approximate surface area is 125 Å². The number of hydrogen-bond donors (Lipinski definition) is 3. The maximum absolute atomic E-state index is 14.7. The van der Waals surface area contributed by atoms with Crippen LogP contribution in [0.4, 0.5) is 10.2 Å². The minimum Gasteiger partial charge on any atom is -0.394 e. The molecule has 0 aromatic carbocycles. The highest BCUT2D eigenvalue weighted by molar-refractivity contribution is 5.68. The van der Waals surface area contributed by atoms with E-state index in [1.165, 1.54) is 36.5 Å². The maximum atomic E-state index is 14.7. The van der Waals surface area contributed by atoms with E-state index >= 15 is 0 Å². The molecule has 9 heteroatoms. The third-order valence-electron chi connectivity index (χ3n) is 3.79. The van der Waals surface area contributed by atoms with Gasteiger partial charge in [-0.3, -0.25) is 0 Å². The van der Waals surface area contributed by atoms with Crippen molar-refractivity contribution in [3.63, 3.8) is 0 Å². The van der Waals surface area contributed by atoms with Gasteiger partial charge in [-0.15, -0.1) is 0 Å². The molecule has 1 aliphatic rings. The molecule has 0 spiro atoms. The van der Waals surface area contributed by atoms with E-state index in [2.05, 4.69) is 15.0 Å². The Bertz CT molecular complexity index is 677. The van der Waals surface area contributed by atoms with Crippen molar-refractivity contribution in [1.82, 2.24) is 19.5 Å². The van der Waals surface area contributed by atoms with E-state index in [0.717, 1.165) is 0 Å². The van der Waals surface area contributed by atoms with E-state index in [1.54, 1.807) is 0 Å². The molecule has 0 aliphatic carbocycles. The lowest BCUT2D eigenvalue weighted by atomic mass is 9.99. The van der Waals surface area contributed by atoms with Crippen molar-refractivity contribution < 1.29 is 19.3 Å². The maximum Gasteiger partial charge on any atom is 0.181 e. The lowest BCUT2D eigenvalue weighted by Gasteiger charge is -2.24. The van der Waals surface area contributed by atoms with Crippen LogP contribution in [0.2, 0.25) is 0 Å². The molecule has 8 nitrogen and oxygen atoms in total. The van der Waals surface area contributed by atoms with Crippen LogP contribution in [0.3, 0.4) is 0 Å². The zero-order valence-corrected chi connectivity index (χ0v) is 11.8. The summed E-state index contributed by atoms with van der Waals surface area (Å²) in [6.45, 7) is 0.746. The molecule has 1 fully saturated rings. The third kappa shape index (κ3) is 2.23. The Morgan fingerprint density at radius 2 is 2.27 bits per heavy atom. The van der Waals surface area contributed by atoms with Crippen LogP contribution in [0.5, 0.6) is 0 Å². The van der Waals surface area contributed by atoms with E-state index in [9.17, 15) is 9.50 Å². The second kappa shape index (κ2) is 5.27. The van der Waals surface area contributed by atoms with Crippen molar-refractivity contribution in [2.45, 2.75) is 31.0 Å². The average molecular weight is 309 g/mol. The number of nitrogen functional groups attached to an aromatic ring is 1. The van der Waals surface area contributed by atoms with Crippen molar-refractivity contribution in [2.24, 2.45) is 0 Å². The van der Waals surface area contributed by atoms with Gasteiger partial charge in [-0.05, 0) is 6.92 Å². The van der Waals surface area contributed by atoms with Crippen LogP contribution in [-0.2, 0) is 4.74 Å². The van der Waals surface area contributed by atoms with Crippen LogP contribution < -0.4 is 5.73 Å². The first-order valence-corrected chi connectivity index (χ1v) is 6.67. The summed E-state index contributed by atoms with van der Waals surface area (Å²) < 4.78 is 21.5. The number of hydrogen-bond acceptors (Lipinski definition) is 7. The molecule has 22 heavy (non-hydrogen) atoms. The molecule has 4 atom stereocenters. The molecule has 1 unspecified atom stereocenters. The lowest BCUT2D eigenvalue weighted by molar-refractivity contribution is -0.0586. The summed E-state index contributed by atoms with van der Waals surface area (Å²) in [5.74, 6) is 0.254. The summed E-state index contributed by atoms with van der Waals surface area (Å²) in [6, 6.07) is 0. The number of nitrogens with two attached hydrogens (primary N) is 1. The second-order valence-corrected chi connectivity index (χ2v) is 5.33. The normalized spacial score (nSPS) is 31.5. The summed E-state index contributed by atoms with van der Waals surface area (Å²) in [6.07, 6.45) is 2.20. The number of anilines is 1. The van der Waals surface area contributed by atoms with Crippen molar-refractivity contribution >= 4 is 5.82 Å². The van der Waals surface area contributed by atoms with Gasteiger partial charge in [0.05, 0.1) is 24.2 Å². The fraction of sp³-hybridized carbons (Fsp3) is 0.462. The van der Waals surface area contributed by atoms with Crippen LogP contribution >= 0.6 is 0 Å². The molecule has 2 aromatic rings. The Kier molecular flexibility index (Phi) is 3.55. The van der Waals surface area contributed by atoms with Crippen LogP contribution in [-0.4, -0.2) is 54.2 Å². The molecular formula is C13H16FN5O3. The van der Waals surface area contributed by atoms with Gasteiger partial charge in [0.25, 0.3) is 0 Å². The largest absolute Gasteiger partial charge is 0.394 e. The smallest absolute Gasteiger partial charge is 0.181 e. The standard InChI is InChI=1S/C13H16FN5O3/c1-13(14)10(21)9(4-20)22-12(13)19-3-8(18-6-19)7-2-16-5-17-11(7)15/h2-3,5-6,9-10,12,20-21H,4H2,1H3,(H2,15,16,17)/t9-,10?,12-,13-/m1/s1. The first-order chi connectivity index (χ1) is 10.4. The quantitative estimate of drug-likeness (QED) is 0.724. The van der Waals surface area contributed by atoms with Gasteiger partial charge in [0.1, 0.15) is 24.4 Å². The first-order valence-electron chi connectivity index (χ1n) is 6.67. The minimum absolute atomic E-state index is 0.254. The molecule has 4 N–H and O–H groups in total. The molecule has 0 amide bonds. The third-order valence-corrected chi connectivity index (χ3v) is 3.79. The molecule has 118 valence electrons. The van der Waals surface area contributed by atoms with Crippen LogP contribution in [0.25, 0.3) is 11.3 Å². The predicted molar refractivity (Wildman–Crippen MR) is 74.2 cm³/mol. The van der Waals surface area contributed by atoms with Gasteiger partial charge in [-0.25, -0.2) is 19.3 Å². The van der Waals surface area contributed by atoms with Crippen LogP contribution in [0, 0.1) is 0 Å². The SMILES string of the molecule is C[C@@]1(F)C(O)[C@@H](CO)O[C@H]1n1cnc(-c2cncnc2N)c1. The number of aliphatic hydroxyl groups excluding tert-OH is 2. The van der Waals surface area contributed by atoms with Gasteiger partial charge in [0.15, 0.2) is 11.9 Å². The Hall–Kier alpha value is -2.10. The molecule has 3 rings (SSSR count). The Morgan fingerprint density at radius 1 is 1.50 bits per heavy atom. The van der Waals surface area contributed by atoms with Gasteiger partial charge < -0.3 is 25.3 Å². The van der Waals surface area contributed by atoms with Crippen molar-refractivity contribution in [3.8, 4) is 11.3 Å². The monoisotopic (exact) mass is 309 g/mol. The lowest BCUT2D eigenvalue weighted by Crippen LogP contribution is -2.40. The molecule has 0 bridgehead atoms. The molecule has 2 aromatic heterocycles. The predicted octanol–water partition coefficient (Wildman–Crippen LogP) is -0.0989. The molecular weight excluding hydrogens is 293 g/mol. The first kappa shape index (κ1) is 14.8. The molecule has 0 saturated carbocycles. The highest BCUT2D eigenvalue weighted by Gasteiger charge is 2.54. The summed E-state index contributed by atoms with van der Waals surface area (Å²) >= 11 is 0. The molecule has 0 radical (unpaired) electrons. The topological polar surface area (TPSA) is 119 Å². The molecule has 1 saturated heterocycles. The molecule has 3 heterocycles. The fourth-order valence-electron chi connectivity index (χ4n) is 2.53. The van der Waals surface area contributed by atoms with Crippen LogP contribution in [0.1, 0.15) is 13.2 Å². The van der Waals surface area contributed by atoms with Gasteiger partial charge in [0, 0.05) is 12.4 Å². The minimum atomic E-state index is -2.07. The second-order valence-electron chi connectivity index (χ2n) is 5.33. The number of ether oxygens (including phenoxy) is 1. The van der Waals surface area contributed by atoms with E-state index in [1.807, 2.05) is 0 Å². The van der Waals surface area contributed by atoms with Gasteiger partial charge in [0.2, 0.25) is 0 Å². The number of aliphatic hydroxyl groups is 2. The van der Waals surface area contributed by atoms with E-state index < -0.39 is 30.7 Å². The summed E-state index contributed by atoms with van der Waals surface area (Å²) in [7, 11) is 0. The van der Waals surface area contributed by atoms with Crippen molar-refractivity contribution in [2.75, 3.05) is 12.3 Å². The van der Waals surface area contributed by atoms with Gasteiger partial charge in [-0.1, -0.05) is 0 Å². The Balaban J connectivity index is 1.93. The summed E-state index contributed by atoms with van der Waals surface area (Å²) in [5.41, 5.74) is 4.66. The number of alkyl halides is 1. The zero-order chi connectivity index (χ0) is 15.9. The highest BCUT2D eigenvalue weighted by atomic mass is 19.1. The van der Waals surface area contributed by atoms with E-state index in [4.69, 9.17) is 15.6 Å². The number of imidazole rings is 1. The number of rotatable bonds is 3. The highest BCUT2D eigenvalue weighted by Crippen LogP contribution is 2.41. The zero-order valence-electron chi connectivity index (χ0n) is 11.8. The van der Waals surface area contributed by atoms with Crippen molar-refractivity contribution in [3.05, 3.63) is 25.0 Å². The van der Waals surface area contributed by atoms with E-state index in [-0.39, 0.29) is 5.82 Å². The fourth-order valence-corrected chi connectivity index (χ4v) is 2.53. The number of halogens is 1. The average Bonchev–Trinajstić information content (AvgIpc) is 3.04. The number of nitrogens with zero attached hydrogens (tertiary/aromatic N) is 4. The van der Waals surface area contributed by atoms with Crippen LogP contribution in [0.15, 0.2) is 25.0 Å². The molecule has 1 aliphatic heterocycles. The van der Waals surface area contributed by atoms with Crippen molar-refractivity contribution in [1.29, 1.82) is 0 Å². The number of aromatic nitrogens is 4. The Morgan fingerprint density at radius 3 is 2.91 bits per heavy atom.